The van der Waals surface area contributed by atoms with Crippen LogP contribution in [0.5, 0.6) is 0 Å². The second-order valence-corrected chi connectivity index (χ2v) is 19.6. The Morgan fingerprint density at radius 2 is 1.58 bits per heavy atom. The number of carbonyl (C=O) groups is 5. The molecular formula is C51H79NO13. The Balaban J connectivity index is 1.70. The van der Waals surface area contributed by atoms with Crippen molar-refractivity contribution in [2.45, 2.75) is 180 Å². The van der Waals surface area contributed by atoms with Crippen molar-refractivity contribution in [1.29, 1.82) is 0 Å². The van der Waals surface area contributed by atoms with Gasteiger partial charge in [-0.2, -0.15) is 0 Å². The molecule has 3 heterocycles. The summed E-state index contributed by atoms with van der Waals surface area (Å²) in [6, 6.07) is -1.14. The molecule has 4 rings (SSSR count). The first-order valence-electron chi connectivity index (χ1n) is 23.9. The molecule has 4 aliphatic rings. The number of methoxy groups -OCH3 is 3. The second-order valence-electron chi connectivity index (χ2n) is 19.6. The van der Waals surface area contributed by atoms with Gasteiger partial charge in [-0.1, -0.05) is 71.1 Å². The fourth-order valence-electron chi connectivity index (χ4n) is 10.1. The van der Waals surface area contributed by atoms with E-state index in [0.717, 1.165) is 12.0 Å². The maximum atomic E-state index is 14.4. The number of hydrogen-bond donors (Lipinski definition) is 3. The van der Waals surface area contributed by atoms with Crippen molar-refractivity contribution in [2.75, 3.05) is 27.9 Å². The van der Waals surface area contributed by atoms with Gasteiger partial charge in [0, 0.05) is 58.5 Å². The van der Waals surface area contributed by atoms with E-state index < -0.39 is 83.9 Å². The molecule has 15 atom stereocenters. The van der Waals surface area contributed by atoms with Crippen LogP contribution in [0.4, 0.5) is 0 Å². The van der Waals surface area contributed by atoms with E-state index in [9.17, 15) is 39.3 Å². The Kier molecular flexibility index (Phi) is 21.0. The lowest BCUT2D eigenvalue weighted by molar-refractivity contribution is -0.265. The normalized spacial score (nSPS) is 37.8. The second kappa shape index (κ2) is 25.1. The van der Waals surface area contributed by atoms with Gasteiger partial charge in [-0.05, 0) is 107 Å². The van der Waals surface area contributed by atoms with Crippen LogP contribution in [0.1, 0.15) is 126 Å². The lowest BCUT2D eigenvalue weighted by Gasteiger charge is -2.42. The first kappa shape index (κ1) is 54.2. The van der Waals surface area contributed by atoms with Crippen molar-refractivity contribution in [3.05, 3.63) is 47.6 Å². The zero-order chi connectivity index (χ0) is 48.2. The zero-order valence-electron chi connectivity index (χ0n) is 40.6. The number of Topliss-reactive ketones (excluding diaryl/α,β-unsaturated/α-hetero) is 3. The lowest BCUT2D eigenvalue weighted by atomic mass is 9.78. The van der Waals surface area contributed by atoms with Gasteiger partial charge in [0.1, 0.15) is 18.2 Å². The number of aliphatic hydroxyl groups excluding tert-OH is 2. The van der Waals surface area contributed by atoms with E-state index in [1.807, 2.05) is 58.1 Å². The summed E-state index contributed by atoms with van der Waals surface area (Å²) in [6.45, 7) is 12.7. The number of cyclic esters (lactones) is 1. The molecule has 366 valence electrons. The van der Waals surface area contributed by atoms with E-state index in [4.69, 9.17) is 23.7 Å². The molecule has 2 saturated heterocycles. The summed E-state index contributed by atoms with van der Waals surface area (Å²) >= 11 is 0. The molecule has 65 heavy (non-hydrogen) atoms. The van der Waals surface area contributed by atoms with E-state index in [1.54, 1.807) is 41.1 Å². The third-order valence-electron chi connectivity index (χ3n) is 14.5. The van der Waals surface area contributed by atoms with Crippen molar-refractivity contribution < 1.29 is 63.0 Å². The predicted molar refractivity (Wildman–Crippen MR) is 245 cm³/mol. The highest BCUT2D eigenvalue weighted by atomic mass is 16.6. The maximum Gasteiger partial charge on any atom is 0.329 e. The van der Waals surface area contributed by atoms with Crippen molar-refractivity contribution in [3.63, 3.8) is 0 Å². The summed E-state index contributed by atoms with van der Waals surface area (Å²) in [5.41, 5.74) is 1.19. The first-order chi connectivity index (χ1) is 30.7. The molecular weight excluding hydrogens is 835 g/mol. The minimum absolute atomic E-state index is 0.0220. The molecule has 3 N–H and O–H groups in total. The van der Waals surface area contributed by atoms with Crippen LogP contribution in [0.15, 0.2) is 47.6 Å². The average Bonchev–Trinajstić information content (AvgIpc) is 3.28. The third kappa shape index (κ3) is 14.3. The molecule has 1 aliphatic carbocycles. The maximum absolute atomic E-state index is 14.4. The number of nitrogens with zero attached hydrogens (tertiary/aromatic N) is 1. The van der Waals surface area contributed by atoms with E-state index >= 15 is 0 Å². The van der Waals surface area contributed by atoms with E-state index in [1.165, 1.54) is 12.0 Å². The van der Waals surface area contributed by atoms with Gasteiger partial charge < -0.3 is 43.9 Å². The summed E-state index contributed by atoms with van der Waals surface area (Å²) < 4.78 is 29.4. The van der Waals surface area contributed by atoms with Crippen LogP contribution < -0.4 is 0 Å². The van der Waals surface area contributed by atoms with Gasteiger partial charge in [0.25, 0.3) is 11.7 Å². The number of esters is 1. The van der Waals surface area contributed by atoms with Gasteiger partial charge in [0.05, 0.1) is 30.5 Å². The average molecular weight is 914 g/mol. The van der Waals surface area contributed by atoms with Gasteiger partial charge in [0.2, 0.25) is 5.79 Å². The Hall–Kier alpha value is -3.37. The number of allylic oxidation sites excluding steroid dienone is 6. The summed E-state index contributed by atoms with van der Waals surface area (Å²) in [5.74, 6) is -7.93. The van der Waals surface area contributed by atoms with Crippen LogP contribution in [0.2, 0.25) is 0 Å². The molecule has 14 heteroatoms. The number of ether oxygens (including phenoxy) is 5. The molecule has 0 radical (unpaired) electrons. The quantitative estimate of drug-likeness (QED) is 0.202. The minimum Gasteiger partial charge on any atom is -0.460 e. The summed E-state index contributed by atoms with van der Waals surface area (Å²) in [6.07, 6.45) is 11.2. The highest BCUT2D eigenvalue weighted by molar-refractivity contribution is 6.39. The topological polar surface area (TPSA) is 195 Å². The molecule has 0 aromatic carbocycles. The standard InChI is InChI=1S/C51H79NO13/c1-30-16-12-11-13-17-31(2)42(61-8)28-38-21-19-36(7)51(60,65-38)48(57)49(58)52-23-15-14-18-39(52)50(59)64-43(33(4)26-37-20-22-40(53)44(27-37)62-9)29-41(54)32(3)25-35(6)46(56)47(63-10)45(55)34(5)24-30/h11-13,16-17,25,30,33-40,42-44,46-47,53,56,60H,14-15,18-24,26-29H2,1-10H3/t30-,33-,34-,35?,36-,37-,38+,39+,40-,42+,43+,44-,46-,47+,51-/m1/s1. The molecule has 1 saturated carbocycles. The number of ketones is 3. The number of rotatable bonds is 6. The number of amides is 1. The van der Waals surface area contributed by atoms with Gasteiger partial charge in [-0.3, -0.25) is 19.2 Å². The zero-order valence-corrected chi connectivity index (χ0v) is 40.6. The van der Waals surface area contributed by atoms with E-state index in [0.29, 0.717) is 63.4 Å². The Morgan fingerprint density at radius 1 is 0.862 bits per heavy atom. The number of hydrogen-bond acceptors (Lipinski definition) is 13. The molecule has 0 spiro atoms. The molecule has 1 amide bonds. The molecule has 3 fully saturated rings. The molecule has 0 aromatic rings. The van der Waals surface area contributed by atoms with Crippen LogP contribution in [0, 0.1) is 35.5 Å². The van der Waals surface area contributed by atoms with Crippen LogP contribution >= 0.6 is 0 Å². The molecule has 1 unspecified atom stereocenters. The number of fused-ring (bicyclic) bond motifs is 3. The van der Waals surface area contributed by atoms with Gasteiger partial charge >= 0.3 is 5.97 Å². The highest BCUT2D eigenvalue weighted by Gasteiger charge is 2.53. The van der Waals surface area contributed by atoms with Gasteiger partial charge in [0.15, 0.2) is 11.6 Å². The molecule has 2 bridgehead atoms. The van der Waals surface area contributed by atoms with E-state index in [-0.39, 0.29) is 54.8 Å². The van der Waals surface area contributed by atoms with Crippen LogP contribution in [0.25, 0.3) is 0 Å². The summed E-state index contributed by atoms with van der Waals surface area (Å²) in [4.78, 5) is 71.7. The van der Waals surface area contributed by atoms with Crippen LogP contribution in [-0.2, 0) is 47.7 Å². The SMILES string of the molecule is CO[C@H]1C[C@@H]2CC[C@@H](C)[C@@](O)(O2)C(=O)C(=O)N2CCCC[C@H]2C(=O)O[C@H]([C@H](C)C[C@H]2CC[C@@H](O)[C@H](OC)C2)CC(=O)C(C)=CC(C)[C@@H](O)[C@@H](OC)C(=O)[C@H](C)C[C@H](C)C=CC=CC=C1C. The number of carbonyl (C=O) groups excluding carboxylic acids is 5. The fraction of sp³-hybridized carbons (Fsp3) is 0.745. The smallest absolute Gasteiger partial charge is 0.329 e. The van der Waals surface area contributed by atoms with Crippen molar-refractivity contribution in [1.82, 2.24) is 4.90 Å². The predicted octanol–water partition coefficient (Wildman–Crippen LogP) is 6.18. The minimum atomic E-state index is -2.43. The summed E-state index contributed by atoms with van der Waals surface area (Å²) in [5, 5.41) is 33.9. The molecule has 3 aliphatic heterocycles. The molecule has 14 nitrogen and oxygen atoms in total. The fourth-order valence-corrected chi connectivity index (χ4v) is 10.1. The Morgan fingerprint density at radius 3 is 2.26 bits per heavy atom. The van der Waals surface area contributed by atoms with Gasteiger partial charge in [-0.15, -0.1) is 0 Å². The molecule has 0 aromatic heterocycles. The van der Waals surface area contributed by atoms with Gasteiger partial charge in [-0.25, -0.2) is 4.79 Å². The Bertz CT molecular complexity index is 1760. The first-order valence-corrected chi connectivity index (χ1v) is 23.9. The third-order valence-corrected chi connectivity index (χ3v) is 14.5. The number of piperidine rings is 1. The number of aliphatic hydroxyl groups is 3. The van der Waals surface area contributed by atoms with Crippen LogP contribution in [-0.4, -0.2) is 132 Å². The van der Waals surface area contributed by atoms with Crippen molar-refractivity contribution in [3.8, 4) is 0 Å². The van der Waals surface area contributed by atoms with E-state index in [2.05, 4.69) is 0 Å². The monoisotopic (exact) mass is 914 g/mol. The lowest BCUT2D eigenvalue weighted by Crippen LogP contribution is -2.61. The summed E-state index contributed by atoms with van der Waals surface area (Å²) in [7, 11) is 4.53. The Labute approximate surface area is 387 Å². The van der Waals surface area contributed by atoms with Crippen LogP contribution in [0.3, 0.4) is 0 Å². The van der Waals surface area contributed by atoms with Crippen molar-refractivity contribution in [2.24, 2.45) is 35.5 Å². The highest BCUT2D eigenvalue weighted by Crippen LogP contribution is 2.38. The largest absolute Gasteiger partial charge is 0.460 e. The van der Waals surface area contributed by atoms with Crippen molar-refractivity contribution >= 4 is 29.2 Å².